The van der Waals surface area contributed by atoms with E-state index >= 15 is 0 Å². The van der Waals surface area contributed by atoms with Crippen LogP contribution in [-0.2, 0) is 4.79 Å². The van der Waals surface area contributed by atoms with E-state index in [-0.39, 0.29) is 12.4 Å². The molecule has 3 rings (SSSR count). The molecule has 0 saturated carbocycles. The molecule has 1 aromatic heterocycles. The van der Waals surface area contributed by atoms with Gasteiger partial charge < -0.3 is 14.5 Å². The van der Waals surface area contributed by atoms with Crippen LogP contribution >= 0.6 is 15.9 Å². The monoisotopic (exact) mass is 391 g/mol. The lowest BCUT2D eigenvalue weighted by Gasteiger charge is -2.08. The van der Waals surface area contributed by atoms with E-state index in [2.05, 4.69) is 31.4 Å². The van der Waals surface area contributed by atoms with Gasteiger partial charge in [-0.3, -0.25) is 4.79 Å². The molecule has 0 saturated heterocycles. The van der Waals surface area contributed by atoms with Crippen LogP contribution in [0.25, 0.3) is 11.5 Å². The standard InChI is InChI=1S/C16H11BrFN3O3/c17-11-3-6-14(13(18)7-11)23-8-15(22)20-12-4-1-10(2-5-12)16-21-19-9-24-16/h1-7,9H,8H2,(H,20,22). The summed E-state index contributed by atoms with van der Waals surface area (Å²) in [5, 5.41) is 10.0. The minimum Gasteiger partial charge on any atom is -0.481 e. The van der Waals surface area contributed by atoms with E-state index in [9.17, 15) is 9.18 Å². The summed E-state index contributed by atoms with van der Waals surface area (Å²) in [7, 11) is 0. The summed E-state index contributed by atoms with van der Waals surface area (Å²) in [6, 6.07) is 11.2. The van der Waals surface area contributed by atoms with E-state index in [0.29, 0.717) is 16.1 Å². The highest BCUT2D eigenvalue weighted by Gasteiger charge is 2.09. The number of hydrogen-bond donors (Lipinski definition) is 1. The molecule has 8 heteroatoms. The fourth-order valence-electron chi connectivity index (χ4n) is 1.93. The number of anilines is 1. The molecule has 1 N–H and O–H groups in total. The lowest BCUT2D eigenvalue weighted by atomic mass is 10.2. The highest BCUT2D eigenvalue weighted by molar-refractivity contribution is 9.10. The molecule has 6 nitrogen and oxygen atoms in total. The largest absolute Gasteiger partial charge is 0.481 e. The fraction of sp³-hybridized carbons (Fsp3) is 0.0625. The van der Waals surface area contributed by atoms with Gasteiger partial charge >= 0.3 is 0 Å². The van der Waals surface area contributed by atoms with Crippen molar-refractivity contribution in [2.24, 2.45) is 0 Å². The molecular weight excluding hydrogens is 381 g/mol. The van der Waals surface area contributed by atoms with Gasteiger partial charge in [-0.05, 0) is 42.5 Å². The van der Waals surface area contributed by atoms with Crippen LogP contribution in [-0.4, -0.2) is 22.7 Å². The van der Waals surface area contributed by atoms with Crippen molar-refractivity contribution in [2.45, 2.75) is 0 Å². The zero-order valence-electron chi connectivity index (χ0n) is 12.2. The lowest BCUT2D eigenvalue weighted by Crippen LogP contribution is -2.20. The molecule has 1 heterocycles. The van der Waals surface area contributed by atoms with Gasteiger partial charge in [0.1, 0.15) is 0 Å². The van der Waals surface area contributed by atoms with Crippen LogP contribution in [0.2, 0.25) is 0 Å². The number of carbonyl (C=O) groups excluding carboxylic acids is 1. The van der Waals surface area contributed by atoms with Crippen molar-refractivity contribution in [1.29, 1.82) is 0 Å². The lowest BCUT2D eigenvalue weighted by molar-refractivity contribution is -0.118. The van der Waals surface area contributed by atoms with Crippen LogP contribution in [0.5, 0.6) is 5.75 Å². The van der Waals surface area contributed by atoms with Gasteiger partial charge in [-0.1, -0.05) is 15.9 Å². The minimum atomic E-state index is -0.541. The summed E-state index contributed by atoms with van der Waals surface area (Å²) in [5.74, 6) is -0.536. The van der Waals surface area contributed by atoms with Crippen molar-refractivity contribution in [2.75, 3.05) is 11.9 Å². The van der Waals surface area contributed by atoms with E-state index in [1.807, 2.05) is 0 Å². The van der Waals surface area contributed by atoms with Crippen molar-refractivity contribution >= 4 is 27.5 Å². The maximum absolute atomic E-state index is 13.6. The summed E-state index contributed by atoms with van der Waals surface area (Å²) in [5.41, 5.74) is 1.31. The third-order valence-corrected chi connectivity index (χ3v) is 3.52. The Morgan fingerprint density at radius 2 is 2.04 bits per heavy atom. The molecule has 0 fully saturated rings. The number of halogens is 2. The van der Waals surface area contributed by atoms with Gasteiger partial charge in [0.25, 0.3) is 5.91 Å². The van der Waals surface area contributed by atoms with Crippen LogP contribution in [0.15, 0.2) is 57.7 Å². The van der Waals surface area contributed by atoms with Crippen molar-refractivity contribution in [1.82, 2.24) is 10.2 Å². The fourth-order valence-corrected chi connectivity index (χ4v) is 2.26. The molecule has 1 amide bonds. The molecule has 24 heavy (non-hydrogen) atoms. The first-order chi connectivity index (χ1) is 11.6. The number of amides is 1. The van der Waals surface area contributed by atoms with Gasteiger partial charge in [0.05, 0.1) is 0 Å². The predicted molar refractivity (Wildman–Crippen MR) is 88.0 cm³/mol. The SMILES string of the molecule is O=C(COc1ccc(Br)cc1F)Nc1ccc(-c2nnco2)cc1. The highest BCUT2D eigenvalue weighted by Crippen LogP contribution is 2.22. The maximum Gasteiger partial charge on any atom is 0.262 e. The molecule has 0 atom stereocenters. The van der Waals surface area contributed by atoms with E-state index in [1.165, 1.54) is 18.5 Å². The number of rotatable bonds is 5. The highest BCUT2D eigenvalue weighted by atomic mass is 79.9. The third-order valence-electron chi connectivity index (χ3n) is 3.03. The van der Waals surface area contributed by atoms with E-state index in [4.69, 9.17) is 9.15 Å². The zero-order valence-corrected chi connectivity index (χ0v) is 13.8. The molecule has 0 aliphatic carbocycles. The normalized spacial score (nSPS) is 10.4. The second-order valence-corrected chi connectivity index (χ2v) is 5.65. The number of carbonyl (C=O) groups is 1. The summed E-state index contributed by atoms with van der Waals surface area (Å²) in [4.78, 5) is 11.9. The van der Waals surface area contributed by atoms with Crippen molar-refractivity contribution in [3.8, 4) is 17.2 Å². The number of nitrogens with one attached hydrogen (secondary N) is 1. The Balaban J connectivity index is 1.56. The molecule has 2 aromatic carbocycles. The molecule has 0 aliphatic heterocycles. The van der Waals surface area contributed by atoms with E-state index in [0.717, 1.165) is 5.56 Å². The Kier molecular flexibility index (Phi) is 4.85. The molecular formula is C16H11BrFN3O3. The average molecular weight is 392 g/mol. The molecule has 122 valence electrons. The quantitative estimate of drug-likeness (QED) is 0.717. The summed E-state index contributed by atoms with van der Waals surface area (Å²) in [6.45, 7) is -0.302. The van der Waals surface area contributed by atoms with Gasteiger partial charge in [0.15, 0.2) is 18.2 Å². The predicted octanol–water partition coefficient (Wildman–Crippen LogP) is 3.66. The molecule has 0 spiro atoms. The van der Waals surface area contributed by atoms with Crippen molar-refractivity contribution < 1.29 is 18.3 Å². The second kappa shape index (κ2) is 7.22. The Morgan fingerprint density at radius 3 is 2.71 bits per heavy atom. The topological polar surface area (TPSA) is 77.2 Å². The minimum absolute atomic E-state index is 0.0140. The average Bonchev–Trinajstić information content (AvgIpc) is 3.09. The molecule has 0 radical (unpaired) electrons. The number of aromatic nitrogens is 2. The van der Waals surface area contributed by atoms with Gasteiger partial charge in [0.2, 0.25) is 12.3 Å². The number of hydrogen-bond acceptors (Lipinski definition) is 5. The van der Waals surface area contributed by atoms with Crippen LogP contribution in [0, 0.1) is 5.82 Å². The van der Waals surface area contributed by atoms with Crippen LogP contribution in [0.1, 0.15) is 0 Å². The third kappa shape index (κ3) is 3.96. The smallest absolute Gasteiger partial charge is 0.262 e. The van der Waals surface area contributed by atoms with Gasteiger partial charge in [-0.25, -0.2) is 4.39 Å². The first kappa shape index (κ1) is 16.1. The molecule has 0 bridgehead atoms. The van der Waals surface area contributed by atoms with Gasteiger partial charge in [0, 0.05) is 15.7 Å². The molecule has 0 unspecified atom stereocenters. The second-order valence-electron chi connectivity index (χ2n) is 4.73. The van der Waals surface area contributed by atoms with E-state index < -0.39 is 11.7 Å². The zero-order chi connectivity index (χ0) is 16.9. The Bertz CT molecular complexity index is 838. The first-order valence-electron chi connectivity index (χ1n) is 6.86. The number of ether oxygens (including phenoxy) is 1. The van der Waals surface area contributed by atoms with Crippen LogP contribution in [0.4, 0.5) is 10.1 Å². The number of nitrogens with zero attached hydrogens (tertiary/aromatic N) is 2. The van der Waals surface area contributed by atoms with Gasteiger partial charge in [-0.15, -0.1) is 10.2 Å². The summed E-state index contributed by atoms with van der Waals surface area (Å²) < 4.78 is 24.4. The van der Waals surface area contributed by atoms with Crippen LogP contribution < -0.4 is 10.1 Å². The van der Waals surface area contributed by atoms with E-state index in [1.54, 1.807) is 30.3 Å². The maximum atomic E-state index is 13.6. The Morgan fingerprint density at radius 1 is 1.25 bits per heavy atom. The Hall–Kier alpha value is -2.74. The van der Waals surface area contributed by atoms with Crippen molar-refractivity contribution in [3.63, 3.8) is 0 Å². The summed E-state index contributed by atoms with van der Waals surface area (Å²) >= 11 is 3.15. The van der Waals surface area contributed by atoms with Crippen LogP contribution in [0.3, 0.4) is 0 Å². The first-order valence-corrected chi connectivity index (χ1v) is 7.65. The Labute approximate surface area is 144 Å². The molecule has 3 aromatic rings. The number of benzene rings is 2. The van der Waals surface area contributed by atoms with Gasteiger partial charge in [-0.2, -0.15) is 0 Å². The summed E-state index contributed by atoms with van der Waals surface area (Å²) in [6.07, 6.45) is 1.24. The van der Waals surface area contributed by atoms with Crippen molar-refractivity contribution in [3.05, 3.63) is 59.1 Å². The molecule has 0 aliphatic rings.